The molecular weight excluding hydrogens is 208 g/mol. The van der Waals surface area contributed by atoms with Crippen LogP contribution in [0.2, 0.25) is 0 Å². The molecule has 0 aromatic heterocycles. The van der Waals surface area contributed by atoms with Crippen molar-refractivity contribution in [3.63, 3.8) is 0 Å². The lowest BCUT2D eigenvalue weighted by molar-refractivity contribution is 0.313. The molecular formula is C15H30N2. The molecule has 0 spiro atoms. The molecule has 3 unspecified atom stereocenters. The molecule has 0 radical (unpaired) electrons. The fourth-order valence-corrected chi connectivity index (χ4v) is 3.42. The first kappa shape index (κ1) is 13.4. The van der Waals surface area contributed by atoms with E-state index < -0.39 is 0 Å². The summed E-state index contributed by atoms with van der Waals surface area (Å²) >= 11 is 0. The van der Waals surface area contributed by atoms with E-state index in [0.717, 1.165) is 24.4 Å². The Labute approximate surface area is 107 Å². The van der Waals surface area contributed by atoms with Crippen LogP contribution in [-0.2, 0) is 0 Å². The van der Waals surface area contributed by atoms with Crippen LogP contribution in [-0.4, -0.2) is 18.6 Å². The van der Waals surface area contributed by atoms with Gasteiger partial charge in [-0.1, -0.05) is 45.4 Å². The van der Waals surface area contributed by atoms with Crippen LogP contribution in [0.3, 0.4) is 0 Å². The van der Waals surface area contributed by atoms with E-state index in [4.69, 9.17) is 5.73 Å². The van der Waals surface area contributed by atoms with Gasteiger partial charge < -0.3 is 11.1 Å². The van der Waals surface area contributed by atoms with Crippen molar-refractivity contribution in [2.45, 2.75) is 76.8 Å². The largest absolute Gasteiger partial charge is 0.327 e. The van der Waals surface area contributed by atoms with Gasteiger partial charge in [-0.15, -0.1) is 0 Å². The molecule has 0 aromatic rings. The third-order valence-corrected chi connectivity index (χ3v) is 4.59. The van der Waals surface area contributed by atoms with E-state index in [2.05, 4.69) is 12.2 Å². The predicted molar refractivity (Wildman–Crippen MR) is 74.0 cm³/mol. The minimum absolute atomic E-state index is 0.390. The number of hydrogen-bond donors (Lipinski definition) is 2. The molecule has 0 aliphatic heterocycles. The zero-order chi connectivity index (χ0) is 12.1. The Kier molecular flexibility index (Phi) is 5.30. The Morgan fingerprint density at radius 1 is 1.24 bits per heavy atom. The highest BCUT2D eigenvalue weighted by Crippen LogP contribution is 2.34. The fraction of sp³-hybridized carbons (Fsp3) is 1.00. The Bertz CT molecular complexity index is 211. The van der Waals surface area contributed by atoms with Gasteiger partial charge in [0, 0.05) is 18.6 Å². The van der Waals surface area contributed by atoms with Crippen molar-refractivity contribution < 1.29 is 0 Å². The highest BCUT2D eigenvalue weighted by molar-refractivity contribution is 4.93. The second-order valence-electron chi connectivity index (χ2n) is 6.30. The molecule has 0 bridgehead atoms. The van der Waals surface area contributed by atoms with Gasteiger partial charge in [-0.2, -0.15) is 0 Å². The number of nitrogens with one attached hydrogen (secondary N) is 1. The smallest absolute Gasteiger partial charge is 0.0168 e. The highest BCUT2D eigenvalue weighted by Gasteiger charge is 2.35. The molecule has 0 aromatic carbocycles. The summed E-state index contributed by atoms with van der Waals surface area (Å²) in [7, 11) is 0. The van der Waals surface area contributed by atoms with Gasteiger partial charge >= 0.3 is 0 Å². The van der Waals surface area contributed by atoms with Crippen molar-refractivity contribution in [3.05, 3.63) is 0 Å². The van der Waals surface area contributed by atoms with E-state index in [0.29, 0.717) is 6.04 Å². The van der Waals surface area contributed by atoms with Crippen LogP contribution in [0.4, 0.5) is 0 Å². The van der Waals surface area contributed by atoms with E-state index in [1.807, 2.05) is 0 Å². The minimum atomic E-state index is 0.390. The average molecular weight is 238 g/mol. The summed E-state index contributed by atoms with van der Waals surface area (Å²) in [5.41, 5.74) is 6.24. The summed E-state index contributed by atoms with van der Waals surface area (Å²) in [5, 5.41) is 3.66. The third-order valence-electron chi connectivity index (χ3n) is 4.59. The zero-order valence-electron chi connectivity index (χ0n) is 11.5. The van der Waals surface area contributed by atoms with E-state index >= 15 is 0 Å². The predicted octanol–water partition coefficient (Wildman–Crippen LogP) is 3.06. The van der Waals surface area contributed by atoms with Crippen LogP contribution in [0.25, 0.3) is 0 Å². The molecule has 2 aliphatic carbocycles. The maximum atomic E-state index is 6.24. The third kappa shape index (κ3) is 4.59. The highest BCUT2D eigenvalue weighted by atomic mass is 15.0. The standard InChI is InChI=1S/C15H30N2/c1-2-6-13-10-15(13)17-11-14(16)9-12-7-4-3-5-8-12/h12-15,17H,2-11,16H2,1H3. The minimum Gasteiger partial charge on any atom is -0.327 e. The molecule has 2 fully saturated rings. The van der Waals surface area contributed by atoms with Gasteiger partial charge in [0.1, 0.15) is 0 Å². The van der Waals surface area contributed by atoms with Crippen molar-refractivity contribution in [1.29, 1.82) is 0 Å². The molecule has 0 amide bonds. The molecule has 100 valence electrons. The van der Waals surface area contributed by atoms with Gasteiger partial charge in [-0.05, 0) is 31.1 Å². The van der Waals surface area contributed by atoms with Crippen LogP contribution in [0.5, 0.6) is 0 Å². The molecule has 2 nitrogen and oxygen atoms in total. The first-order valence-corrected chi connectivity index (χ1v) is 7.78. The van der Waals surface area contributed by atoms with Gasteiger partial charge in [-0.3, -0.25) is 0 Å². The van der Waals surface area contributed by atoms with Crippen LogP contribution in [0.1, 0.15) is 64.7 Å². The maximum absolute atomic E-state index is 6.24. The first-order chi connectivity index (χ1) is 8.29. The summed E-state index contributed by atoms with van der Waals surface area (Å²) in [4.78, 5) is 0. The van der Waals surface area contributed by atoms with E-state index in [9.17, 15) is 0 Å². The molecule has 2 heteroatoms. The lowest BCUT2D eigenvalue weighted by Gasteiger charge is -2.24. The topological polar surface area (TPSA) is 38.0 Å². The van der Waals surface area contributed by atoms with Crippen molar-refractivity contribution in [2.24, 2.45) is 17.6 Å². The molecule has 3 atom stereocenters. The Balaban J connectivity index is 1.53. The summed E-state index contributed by atoms with van der Waals surface area (Å²) in [6.45, 7) is 3.32. The van der Waals surface area contributed by atoms with Crippen molar-refractivity contribution in [1.82, 2.24) is 5.32 Å². The quantitative estimate of drug-likeness (QED) is 0.715. The number of nitrogens with two attached hydrogens (primary N) is 1. The number of rotatable bonds is 7. The summed E-state index contributed by atoms with van der Waals surface area (Å²) < 4.78 is 0. The maximum Gasteiger partial charge on any atom is 0.0168 e. The Morgan fingerprint density at radius 3 is 2.71 bits per heavy atom. The Hall–Kier alpha value is -0.0800. The molecule has 2 rings (SSSR count). The molecule has 2 aliphatic rings. The van der Waals surface area contributed by atoms with Crippen molar-refractivity contribution in [3.8, 4) is 0 Å². The molecule has 0 saturated heterocycles. The normalized spacial score (nSPS) is 31.4. The Morgan fingerprint density at radius 2 is 2.00 bits per heavy atom. The summed E-state index contributed by atoms with van der Waals surface area (Å²) in [6, 6.07) is 1.19. The monoisotopic (exact) mass is 238 g/mol. The van der Waals surface area contributed by atoms with Crippen molar-refractivity contribution in [2.75, 3.05) is 6.54 Å². The van der Waals surface area contributed by atoms with Crippen LogP contribution in [0, 0.1) is 11.8 Å². The molecule has 17 heavy (non-hydrogen) atoms. The second kappa shape index (κ2) is 6.75. The van der Waals surface area contributed by atoms with Crippen LogP contribution in [0.15, 0.2) is 0 Å². The second-order valence-corrected chi connectivity index (χ2v) is 6.30. The van der Waals surface area contributed by atoms with Crippen molar-refractivity contribution >= 4 is 0 Å². The van der Waals surface area contributed by atoms with Gasteiger partial charge in [0.15, 0.2) is 0 Å². The zero-order valence-corrected chi connectivity index (χ0v) is 11.5. The average Bonchev–Trinajstić information content (AvgIpc) is 3.07. The SMILES string of the molecule is CCCC1CC1NCC(N)CC1CCCCC1. The lowest BCUT2D eigenvalue weighted by atomic mass is 9.85. The van der Waals surface area contributed by atoms with Gasteiger partial charge in [0.2, 0.25) is 0 Å². The van der Waals surface area contributed by atoms with E-state index in [1.54, 1.807) is 0 Å². The van der Waals surface area contributed by atoms with Gasteiger partial charge in [0.25, 0.3) is 0 Å². The molecule has 0 heterocycles. The van der Waals surface area contributed by atoms with Crippen LogP contribution >= 0.6 is 0 Å². The van der Waals surface area contributed by atoms with Gasteiger partial charge in [0.05, 0.1) is 0 Å². The first-order valence-electron chi connectivity index (χ1n) is 7.78. The lowest BCUT2D eigenvalue weighted by Crippen LogP contribution is -2.37. The number of hydrogen-bond acceptors (Lipinski definition) is 2. The van der Waals surface area contributed by atoms with E-state index in [1.165, 1.54) is 57.8 Å². The molecule has 2 saturated carbocycles. The molecule has 3 N–H and O–H groups in total. The summed E-state index contributed by atoms with van der Waals surface area (Å²) in [6.07, 6.45) is 12.5. The fourth-order valence-electron chi connectivity index (χ4n) is 3.42. The van der Waals surface area contributed by atoms with Crippen LogP contribution < -0.4 is 11.1 Å². The summed E-state index contributed by atoms with van der Waals surface area (Å²) in [5.74, 6) is 1.88. The van der Waals surface area contributed by atoms with E-state index in [-0.39, 0.29) is 0 Å². The van der Waals surface area contributed by atoms with Gasteiger partial charge in [-0.25, -0.2) is 0 Å².